The molecule has 0 unspecified atom stereocenters. The van der Waals surface area contributed by atoms with E-state index in [9.17, 15) is 14.4 Å². The Bertz CT molecular complexity index is 1550. The van der Waals surface area contributed by atoms with Gasteiger partial charge in [0.25, 0.3) is 11.1 Å². The molecule has 1 aliphatic heterocycles. The highest BCUT2D eigenvalue weighted by atomic mass is 79.9. The predicted octanol–water partition coefficient (Wildman–Crippen LogP) is 5.56. The van der Waals surface area contributed by atoms with Gasteiger partial charge in [-0.25, -0.2) is 0 Å². The van der Waals surface area contributed by atoms with Crippen LogP contribution in [0.15, 0.2) is 65.7 Å². The van der Waals surface area contributed by atoms with Crippen LogP contribution in [0.1, 0.15) is 11.3 Å². The van der Waals surface area contributed by atoms with Crippen molar-refractivity contribution in [2.75, 3.05) is 14.2 Å². The molecule has 0 N–H and O–H groups in total. The van der Waals surface area contributed by atoms with Gasteiger partial charge in [-0.15, -0.1) is 0 Å². The first-order valence-electron chi connectivity index (χ1n) is 10.00. The van der Waals surface area contributed by atoms with Gasteiger partial charge in [-0.1, -0.05) is 28.1 Å². The largest absolute Gasteiger partial charge is 0.495 e. The normalized spacial score (nSPS) is 15.1. The van der Waals surface area contributed by atoms with Gasteiger partial charge in [-0.05, 0) is 35.5 Å². The maximum absolute atomic E-state index is 13.0. The lowest BCUT2D eigenvalue weighted by Crippen LogP contribution is -2.27. The van der Waals surface area contributed by atoms with E-state index in [1.807, 2.05) is 24.3 Å². The number of ether oxygens (including phenoxy) is 2. The number of amides is 2. The van der Waals surface area contributed by atoms with Crippen LogP contribution in [0.4, 0.5) is 4.79 Å². The van der Waals surface area contributed by atoms with Gasteiger partial charge in [-0.2, -0.15) is 0 Å². The fourth-order valence-corrected chi connectivity index (χ4v) is 4.88. The van der Waals surface area contributed by atoms with Crippen molar-refractivity contribution in [2.24, 2.45) is 0 Å². The van der Waals surface area contributed by atoms with Gasteiger partial charge in [0.2, 0.25) is 5.75 Å². The van der Waals surface area contributed by atoms with Crippen LogP contribution in [0.5, 0.6) is 11.5 Å². The lowest BCUT2D eigenvalue weighted by atomic mass is 10.1. The summed E-state index contributed by atoms with van der Waals surface area (Å²) < 4.78 is 23.3. The molecule has 8 nitrogen and oxygen atoms in total. The first-order valence-corrected chi connectivity index (χ1v) is 11.6. The number of furan rings is 1. The van der Waals surface area contributed by atoms with Crippen LogP contribution in [-0.2, 0) is 11.3 Å². The van der Waals surface area contributed by atoms with E-state index >= 15 is 0 Å². The Morgan fingerprint density at radius 2 is 1.76 bits per heavy atom. The second-order valence-corrected chi connectivity index (χ2v) is 9.25. The summed E-state index contributed by atoms with van der Waals surface area (Å²) in [5.41, 5.74) is 0.903. The first kappa shape index (κ1) is 22.3. The van der Waals surface area contributed by atoms with Crippen molar-refractivity contribution in [2.45, 2.75) is 6.54 Å². The summed E-state index contributed by atoms with van der Waals surface area (Å²) in [4.78, 5) is 39.8. The molecule has 0 saturated carbocycles. The highest BCUT2D eigenvalue weighted by molar-refractivity contribution is 9.10. The van der Waals surface area contributed by atoms with E-state index < -0.39 is 11.1 Å². The number of hydrogen-bond donors (Lipinski definition) is 0. The van der Waals surface area contributed by atoms with Crippen LogP contribution in [0, 0.1) is 0 Å². The summed E-state index contributed by atoms with van der Waals surface area (Å²) in [7, 11) is 2.88. The second-order valence-electron chi connectivity index (χ2n) is 7.34. The molecule has 0 aliphatic carbocycles. The van der Waals surface area contributed by atoms with Gasteiger partial charge in [0.1, 0.15) is 16.9 Å². The van der Waals surface area contributed by atoms with Gasteiger partial charge in [-0.3, -0.25) is 19.3 Å². The number of hydrogen-bond acceptors (Lipinski definition) is 8. The summed E-state index contributed by atoms with van der Waals surface area (Å²) in [6.07, 6.45) is 2.84. The molecule has 0 spiro atoms. The molecule has 0 bridgehead atoms. The minimum atomic E-state index is -0.466. The molecule has 172 valence electrons. The quantitative estimate of drug-likeness (QED) is 0.303. The second kappa shape index (κ2) is 8.69. The van der Waals surface area contributed by atoms with E-state index in [1.165, 1.54) is 32.6 Å². The van der Waals surface area contributed by atoms with E-state index in [0.717, 1.165) is 26.7 Å². The molecule has 4 aromatic rings. The third-order valence-electron chi connectivity index (χ3n) is 5.33. The van der Waals surface area contributed by atoms with Crippen LogP contribution in [0.3, 0.4) is 0 Å². The Morgan fingerprint density at radius 1 is 1.03 bits per heavy atom. The van der Waals surface area contributed by atoms with Crippen molar-refractivity contribution in [3.8, 4) is 11.5 Å². The van der Waals surface area contributed by atoms with Crippen molar-refractivity contribution in [3.63, 3.8) is 0 Å². The highest BCUT2D eigenvalue weighted by Crippen LogP contribution is 2.42. The standard InChI is InChI=1S/C24H16BrNO7S/c1-30-19-15-7-8-32-20(15)22(31-2)21-18(19)16(27)9-14(33-21)10-17-23(28)26(24(29)34-17)11-12-3-5-13(25)6-4-12/h3-10H,11H2,1-2H3/b17-10+. The molecule has 10 heteroatoms. The van der Waals surface area contributed by atoms with Crippen LogP contribution < -0.4 is 14.9 Å². The van der Waals surface area contributed by atoms with E-state index in [0.29, 0.717) is 16.7 Å². The van der Waals surface area contributed by atoms with E-state index in [-0.39, 0.29) is 39.4 Å². The van der Waals surface area contributed by atoms with Gasteiger partial charge >= 0.3 is 0 Å². The van der Waals surface area contributed by atoms with Gasteiger partial charge in [0, 0.05) is 16.6 Å². The van der Waals surface area contributed by atoms with Crippen molar-refractivity contribution in [3.05, 3.63) is 73.6 Å². The maximum Gasteiger partial charge on any atom is 0.293 e. The van der Waals surface area contributed by atoms with Crippen molar-refractivity contribution < 1.29 is 27.9 Å². The molecule has 2 amide bonds. The number of imide groups is 1. The van der Waals surface area contributed by atoms with Crippen LogP contribution >= 0.6 is 27.7 Å². The number of methoxy groups -OCH3 is 2. The smallest absolute Gasteiger partial charge is 0.293 e. The molecule has 2 aromatic carbocycles. The lowest BCUT2D eigenvalue weighted by Gasteiger charge is -2.12. The molecule has 34 heavy (non-hydrogen) atoms. The van der Waals surface area contributed by atoms with Gasteiger partial charge < -0.3 is 18.3 Å². The van der Waals surface area contributed by atoms with E-state index in [4.69, 9.17) is 18.3 Å². The van der Waals surface area contributed by atoms with Crippen molar-refractivity contribution >= 4 is 66.9 Å². The fourth-order valence-electron chi connectivity index (χ4n) is 3.79. The summed E-state index contributed by atoms with van der Waals surface area (Å²) in [5, 5.41) is 0.355. The molecule has 3 heterocycles. The fraction of sp³-hybridized carbons (Fsp3) is 0.125. The topological polar surface area (TPSA) is 99.2 Å². The third kappa shape index (κ3) is 3.68. The Kier molecular flexibility index (Phi) is 5.70. The minimum absolute atomic E-state index is 0.0953. The minimum Gasteiger partial charge on any atom is -0.495 e. The Balaban J connectivity index is 1.57. The molecule has 1 fully saturated rings. The number of thioether (sulfide) groups is 1. The number of carbonyl (C=O) groups excluding carboxylic acids is 2. The monoisotopic (exact) mass is 541 g/mol. The molecule has 0 radical (unpaired) electrons. The molecule has 5 rings (SSSR count). The van der Waals surface area contributed by atoms with Crippen LogP contribution in [0.25, 0.3) is 28.0 Å². The predicted molar refractivity (Wildman–Crippen MR) is 131 cm³/mol. The zero-order chi connectivity index (χ0) is 24.0. The van der Waals surface area contributed by atoms with Gasteiger partial charge in [0.15, 0.2) is 16.6 Å². The van der Waals surface area contributed by atoms with Gasteiger partial charge in [0.05, 0.1) is 37.3 Å². The molecule has 1 aliphatic rings. The summed E-state index contributed by atoms with van der Waals surface area (Å²) in [6.45, 7) is 0.137. The summed E-state index contributed by atoms with van der Waals surface area (Å²) in [6, 6.07) is 10.3. The average molecular weight is 542 g/mol. The summed E-state index contributed by atoms with van der Waals surface area (Å²) in [5.74, 6) is 0.158. The molecule has 0 atom stereocenters. The average Bonchev–Trinajstić information content (AvgIpc) is 3.39. The highest BCUT2D eigenvalue weighted by Gasteiger charge is 2.35. The molecule has 1 saturated heterocycles. The Labute approximate surface area is 205 Å². The number of carbonyl (C=O) groups is 2. The molecular weight excluding hydrogens is 526 g/mol. The first-order chi connectivity index (χ1) is 16.4. The van der Waals surface area contributed by atoms with E-state index in [1.54, 1.807) is 6.07 Å². The molecular formula is C24H16BrNO7S. The molecule has 2 aromatic heterocycles. The zero-order valence-electron chi connectivity index (χ0n) is 17.9. The maximum atomic E-state index is 13.0. The van der Waals surface area contributed by atoms with E-state index in [2.05, 4.69) is 15.9 Å². The number of fused-ring (bicyclic) bond motifs is 2. The SMILES string of the molecule is COc1c2occc2c(OC)c2c(=O)cc(/C=C3/SC(=O)N(Cc4ccc(Br)cc4)C3=O)oc12. The zero-order valence-corrected chi connectivity index (χ0v) is 20.3. The Hall–Kier alpha value is -3.50. The third-order valence-corrected chi connectivity index (χ3v) is 6.76. The summed E-state index contributed by atoms with van der Waals surface area (Å²) >= 11 is 4.15. The number of benzene rings is 2. The van der Waals surface area contributed by atoms with Crippen LogP contribution in [-0.4, -0.2) is 30.3 Å². The van der Waals surface area contributed by atoms with Crippen molar-refractivity contribution in [1.29, 1.82) is 0 Å². The van der Waals surface area contributed by atoms with Crippen molar-refractivity contribution in [1.82, 2.24) is 4.90 Å². The number of nitrogens with zero attached hydrogens (tertiary/aromatic N) is 1. The Morgan fingerprint density at radius 3 is 2.47 bits per heavy atom. The van der Waals surface area contributed by atoms with Crippen LogP contribution in [0.2, 0.25) is 0 Å². The number of halogens is 1. The lowest BCUT2D eigenvalue weighted by molar-refractivity contribution is -0.123. The number of rotatable bonds is 5.